The number of hydrogen-bond acceptors (Lipinski definition) is 6. The fraction of sp³-hybridized carbons (Fsp3) is 0.545. The number of hydrogen-bond donors (Lipinski definition) is 1. The quantitative estimate of drug-likeness (QED) is 0.861. The van der Waals surface area contributed by atoms with Crippen LogP contribution >= 0.6 is 0 Å². The van der Waals surface area contributed by atoms with Crippen molar-refractivity contribution in [3.8, 4) is 5.88 Å². The van der Waals surface area contributed by atoms with Crippen LogP contribution < -0.4 is 10.5 Å². The van der Waals surface area contributed by atoms with Gasteiger partial charge in [-0.25, -0.2) is 4.68 Å². The predicted octanol–water partition coefficient (Wildman–Crippen LogP) is 0.731. The van der Waals surface area contributed by atoms with Crippen LogP contribution in [-0.4, -0.2) is 27.0 Å². The average molecular weight is 251 g/mol. The topological polar surface area (TPSA) is 92.0 Å². The SMILES string of the molecule is CCc1nc(C(N)c2c(C)nn(C)c2OC)no1. The van der Waals surface area contributed by atoms with Gasteiger partial charge in [-0.2, -0.15) is 10.1 Å². The van der Waals surface area contributed by atoms with Crippen molar-refractivity contribution in [2.75, 3.05) is 7.11 Å². The first-order valence-corrected chi connectivity index (χ1v) is 5.74. The van der Waals surface area contributed by atoms with Crippen LogP contribution in [0.2, 0.25) is 0 Å². The van der Waals surface area contributed by atoms with Gasteiger partial charge < -0.3 is 15.0 Å². The van der Waals surface area contributed by atoms with Crippen molar-refractivity contribution in [3.05, 3.63) is 23.0 Å². The lowest BCUT2D eigenvalue weighted by atomic mass is 10.1. The van der Waals surface area contributed by atoms with E-state index in [0.29, 0.717) is 24.0 Å². The molecule has 0 spiro atoms. The summed E-state index contributed by atoms with van der Waals surface area (Å²) in [6.45, 7) is 3.82. The van der Waals surface area contributed by atoms with Crippen LogP contribution in [0.5, 0.6) is 5.88 Å². The van der Waals surface area contributed by atoms with E-state index in [-0.39, 0.29) is 0 Å². The Kier molecular flexibility index (Phi) is 3.33. The van der Waals surface area contributed by atoms with Crippen LogP contribution in [0.25, 0.3) is 0 Å². The predicted molar refractivity (Wildman–Crippen MR) is 64.2 cm³/mol. The van der Waals surface area contributed by atoms with Crippen molar-refractivity contribution in [2.24, 2.45) is 12.8 Å². The highest BCUT2D eigenvalue weighted by atomic mass is 16.5. The highest BCUT2D eigenvalue weighted by Gasteiger charge is 2.25. The third-order valence-electron chi connectivity index (χ3n) is 2.78. The molecule has 1 unspecified atom stereocenters. The van der Waals surface area contributed by atoms with E-state index < -0.39 is 6.04 Å². The highest BCUT2D eigenvalue weighted by molar-refractivity contribution is 5.37. The third kappa shape index (κ3) is 1.97. The zero-order valence-corrected chi connectivity index (χ0v) is 11.0. The lowest BCUT2D eigenvalue weighted by Crippen LogP contribution is -2.15. The van der Waals surface area contributed by atoms with Crippen LogP contribution in [0.1, 0.15) is 35.9 Å². The van der Waals surface area contributed by atoms with Crippen molar-refractivity contribution >= 4 is 0 Å². The maximum absolute atomic E-state index is 6.16. The van der Waals surface area contributed by atoms with E-state index in [9.17, 15) is 0 Å². The summed E-state index contributed by atoms with van der Waals surface area (Å²) in [7, 11) is 3.39. The number of methoxy groups -OCH3 is 1. The summed E-state index contributed by atoms with van der Waals surface area (Å²) in [6.07, 6.45) is 0.683. The molecule has 0 fully saturated rings. The number of nitrogens with zero attached hydrogens (tertiary/aromatic N) is 4. The van der Waals surface area contributed by atoms with Gasteiger partial charge in [0.2, 0.25) is 11.8 Å². The van der Waals surface area contributed by atoms with Gasteiger partial charge in [0.25, 0.3) is 0 Å². The van der Waals surface area contributed by atoms with E-state index in [0.717, 1.165) is 11.3 Å². The van der Waals surface area contributed by atoms with Gasteiger partial charge in [-0.1, -0.05) is 12.1 Å². The van der Waals surface area contributed by atoms with Crippen molar-refractivity contribution < 1.29 is 9.26 Å². The van der Waals surface area contributed by atoms with E-state index in [2.05, 4.69) is 15.2 Å². The van der Waals surface area contributed by atoms with E-state index >= 15 is 0 Å². The largest absolute Gasteiger partial charge is 0.481 e. The van der Waals surface area contributed by atoms with Gasteiger partial charge >= 0.3 is 0 Å². The Balaban J connectivity index is 2.41. The average Bonchev–Trinajstić information content (AvgIpc) is 2.92. The van der Waals surface area contributed by atoms with Crippen LogP contribution in [0.3, 0.4) is 0 Å². The van der Waals surface area contributed by atoms with Gasteiger partial charge in [-0.15, -0.1) is 0 Å². The minimum Gasteiger partial charge on any atom is -0.481 e. The molecule has 0 radical (unpaired) electrons. The van der Waals surface area contributed by atoms with E-state index in [1.807, 2.05) is 13.8 Å². The standard InChI is InChI=1S/C11H17N5O2/c1-5-7-13-10(15-18-7)9(12)8-6(2)14-16(3)11(8)17-4/h9H,5,12H2,1-4H3. The fourth-order valence-corrected chi connectivity index (χ4v) is 1.92. The molecule has 2 aromatic heterocycles. The molecule has 0 aliphatic rings. The number of nitrogens with two attached hydrogens (primary N) is 1. The van der Waals surface area contributed by atoms with Crippen molar-refractivity contribution in [1.29, 1.82) is 0 Å². The van der Waals surface area contributed by atoms with Gasteiger partial charge in [-0.3, -0.25) is 0 Å². The second-order valence-corrected chi connectivity index (χ2v) is 4.01. The molecule has 7 nitrogen and oxygen atoms in total. The van der Waals surface area contributed by atoms with Gasteiger partial charge in [-0.05, 0) is 6.92 Å². The van der Waals surface area contributed by atoms with E-state index in [4.69, 9.17) is 15.0 Å². The molecular formula is C11H17N5O2. The van der Waals surface area contributed by atoms with Crippen molar-refractivity contribution in [1.82, 2.24) is 19.9 Å². The Morgan fingerprint density at radius 1 is 1.50 bits per heavy atom. The Morgan fingerprint density at radius 2 is 2.22 bits per heavy atom. The molecule has 1 atom stereocenters. The summed E-state index contributed by atoms with van der Waals surface area (Å²) in [5.74, 6) is 1.63. The molecule has 2 N–H and O–H groups in total. The molecule has 2 rings (SSSR count). The lowest BCUT2D eigenvalue weighted by molar-refractivity contribution is 0.363. The maximum atomic E-state index is 6.16. The molecule has 7 heteroatoms. The van der Waals surface area contributed by atoms with Crippen LogP contribution in [-0.2, 0) is 13.5 Å². The fourth-order valence-electron chi connectivity index (χ4n) is 1.92. The molecule has 0 bridgehead atoms. The maximum Gasteiger partial charge on any atom is 0.226 e. The Labute approximate surface area is 105 Å². The molecule has 0 saturated heterocycles. The summed E-state index contributed by atoms with van der Waals surface area (Å²) in [5.41, 5.74) is 7.73. The summed E-state index contributed by atoms with van der Waals surface area (Å²) >= 11 is 0. The molecule has 0 amide bonds. The highest BCUT2D eigenvalue weighted by Crippen LogP contribution is 2.29. The molecule has 0 aromatic carbocycles. The Hall–Kier alpha value is -1.89. The number of aryl methyl sites for hydroxylation is 3. The van der Waals surface area contributed by atoms with E-state index in [1.54, 1.807) is 18.8 Å². The second kappa shape index (κ2) is 4.77. The minimum atomic E-state index is -0.502. The minimum absolute atomic E-state index is 0.446. The molecule has 98 valence electrons. The molecular weight excluding hydrogens is 234 g/mol. The number of rotatable bonds is 4. The normalized spacial score (nSPS) is 12.7. The second-order valence-electron chi connectivity index (χ2n) is 4.01. The zero-order valence-electron chi connectivity index (χ0n) is 11.0. The van der Waals surface area contributed by atoms with Crippen molar-refractivity contribution in [2.45, 2.75) is 26.3 Å². The lowest BCUT2D eigenvalue weighted by Gasteiger charge is -2.09. The molecule has 0 saturated carbocycles. The van der Waals surface area contributed by atoms with Crippen LogP contribution in [0, 0.1) is 6.92 Å². The zero-order chi connectivity index (χ0) is 13.3. The first kappa shape index (κ1) is 12.6. The molecule has 0 aliphatic heterocycles. The molecule has 18 heavy (non-hydrogen) atoms. The smallest absolute Gasteiger partial charge is 0.226 e. The van der Waals surface area contributed by atoms with Crippen molar-refractivity contribution in [3.63, 3.8) is 0 Å². The summed E-state index contributed by atoms with van der Waals surface area (Å²) in [5, 5.41) is 8.17. The molecule has 2 aromatic rings. The van der Waals surface area contributed by atoms with Gasteiger partial charge in [0, 0.05) is 13.5 Å². The summed E-state index contributed by atoms with van der Waals surface area (Å²) < 4.78 is 12.0. The number of aromatic nitrogens is 4. The third-order valence-corrected chi connectivity index (χ3v) is 2.78. The molecule has 0 aliphatic carbocycles. The first-order chi connectivity index (χ1) is 8.58. The number of ether oxygens (including phenoxy) is 1. The monoisotopic (exact) mass is 251 g/mol. The van der Waals surface area contributed by atoms with E-state index in [1.165, 1.54) is 0 Å². The van der Waals surface area contributed by atoms with Crippen LogP contribution in [0.15, 0.2) is 4.52 Å². The Morgan fingerprint density at radius 3 is 2.78 bits per heavy atom. The summed E-state index contributed by atoms with van der Waals surface area (Å²) in [6, 6.07) is -0.502. The van der Waals surface area contributed by atoms with Gasteiger partial charge in [0.15, 0.2) is 5.82 Å². The molecule has 2 heterocycles. The van der Waals surface area contributed by atoms with Gasteiger partial charge in [0.05, 0.1) is 18.4 Å². The van der Waals surface area contributed by atoms with Gasteiger partial charge in [0.1, 0.15) is 6.04 Å². The summed E-state index contributed by atoms with van der Waals surface area (Å²) in [4.78, 5) is 4.24. The Bertz CT molecular complexity index is 546. The first-order valence-electron chi connectivity index (χ1n) is 5.74. The van der Waals surface area contributed by atoms with Crippen LogP contribution in [0.4, 0.5) is 0 Å².